The Morgan fingerprint density at radius 1 is 0.690 bits per heavy atom. The van der Waals surface area contributed by atoms with Crippen molar-refractivity contribution in [2.45, 2.75) is 34.1 Å². The molecule has 0 bridgehead atoms. The first-order valence-electron chi connectivity index (χ1n) is 8.73. The van der Waals surface area contributed by atoms with Crippen LogP contribution in [0.4, 0.5) is 0 Å². The van der Waals surface area contributed by atoms with Crippen LogP contribution in [0.1, 0.15) is 56.8 Å². The first-order chi connectivity index (χ1) is 13.5. The summed E-state index contributed by atoms with van der Waals surface area (Å²) in [6.45, 7) is 5.43. The molecule has 2 aromatic rings. The lowest BCUT2D eigenvalue weighted by Gasteiger charge is -2.21. The summed E-state index contributed by atoms with van der Waals surface area (Å²) in [5.41, 5.74) is 0.123. The number of methoxy groups -OCH3 is 2. The number of Topliss-reactive ketones (excluding diaryl/α,β-unsaturated/α-hetero) is 2. The van der Waals surface area contributed by atoms with Gasteiger partial charge in [0.05, 0.1) is 14.2 Å². The maximum atomic E-state index is 12.0. The quantitative estimate of drug-likeness (QED) is 0.540. The zero-order chi connectivity index (χ0) is 22.2. The van der Waals surface area contributed by atoms with E-state index in [4.69, 9.17) is 9.47 Å². The van der Waals surface area contributed by atoms with Crippen LogP contribution in [-0.2, 0) is 6.42 Å². The van der Waals surface area contributed by atoms with Gasteiger partial charge in [-0.05, 0) is 27.7 Å². The van der Waals surface area contributed by atoms with Crippen LogP contribution in [0.15, 0.2) is 0 Å². The molecule has 0 aliphatic heterocycles. The van der Waals surface area contributed by atoms with Crippen molar-refractivity contribution >= 4 is 11.6 Å². The first kappa shape index (κ1) is 21.9. The predicted octanol–water partition coefficient (Wildman–Crippen LogP) is 3.14. The average molecular weight is 404 g/mol. The topological polar surface area (TPSA) is 134 Å². The molecule has 0 saturated carbocycles. The van der Waals surface area contributed by atoms with E-state index >= 15 is 0 Å². The lowest BCUT2D eigenvalue weighted by atomic mass is 9.91. The second-order valence-corrected chi connectivity index (χ2v) is 6.71. The van der Waals surface area contributed by atoms with Crippen molar-refractivity contribution < 1.29 is 39.5 Å². The number of hydrogen-bond donors (Lipinski definition) is 4. The van der Waals surface area contributed by atoms with Crippen molar-refractivity contribution in [3.63, 3.8) is 0 Å². The first-order valence-corrected chi connectivity index (χ1v) is 8.73. The monoisotopic (exact) mass is 404 g/mol. The second kappa shape index (κ2) is 7.90. The van der Waals surface area contributed by atoms with Crippen molar-refractivity contribution in [1.29, 1.82) is 0 Å². The molecule has 0 amide bonds. The molecule has 4 N–H and O–H groups in total. The molecule has 0 radical (unpaired) electrons. The number of aromatic hydroxyl groups is 4. The molecule has 0 fully saturated rings. The SMILES string of the molecule is COc1c(C)c(O)c(C(C)=O)c(O)c1Cc1c(O)c(C(C)=O)c(O)c(C)c1OC. The van der Waals surface area contributed by atoms with E-state index in [-0.39, 0.29) is 51.3 Å². The highest BCUT2D eigenvalue weighted by atomic mass is 16.5. The van der Waals surface area contributed by atoms with Gasteiger partial charge in [-0.2, -0.15) is 0 Å². The molecule has 29 heavy (non-hydrogen) atoms. The molecule has 0 saturated heterocycles. The van der Waals surface area contributed by atoms with Crippen LogP contribution in [0.5, 0.6) is 34.5 Å². The molecule has 0 spiro atoms. The predicted molar refractivity (Wildman–Crippen MR) is 105 cm³/mol. The second-order valence-electron chi connectivity index (χ2n) is 6.71. The Hall–Kier alpha value is -3.42. The van der Waals surface area contributed by atoms with Crippen LogP contribution in [0, 0.1) is 13.8 Å². The minimum atomic E-state index is -0.561. The number of rotatable bonds is 6. The average Bonchev–Trinajstić information content (AvgIpc) is 2.63. The molecular weight excluding hydrogens is 380 g/mol. The van der Waals surface area contributed by atoms with E-state index in [0.717, 1.165) is 0 Å². The number of ether oxygens (including phenoxy) is 2. The number of phenols is 4. The largest absolute Gasteiger partial charge is 0.507 e. The van der Waals surface area contributed by atoms with Gasteiger partial charge in [-0.3, -0.25) is 9.59 Å². The molecule has 2 rings (SSSR count). The van der Waals surface area contributed by atoms with E-state index in [9.17, 15) is 30.0 Å². The van der Waals surface area contributed by atoms with Crippen LogP contribution in [0.3, 0.4) is 0 Å². The van der Waals surface area contributed by atoms with Gasteiger partial charge in [0, 0.05) is 28.7 Å². The third-order valence-electron chi connectivity index (χ3n) is 4.92. The molecule has 0 heterocycles. The zero-order valence-corrected chi connectivity index (χ0v) is 17.1. The third kappa shape index (κ3) is 3.41. The van der Waals surface area contributed by atoms with Crippen LogP contribution in [-0.4, -0.2) is 46.2 Å². The van der Waals surface area contributed by atoms with Gasteiger partial charge < -0.3 is 29.9 Å². The molecule has 8 nitrogen and oxygen atoms in total. The van der Waals surface area contributed by atoms with Gasteiger partial charge in [0.1, 0.15) is 45.6 Å². The van der Waals surface area contributed by atoms with E-state index < -0.39 is 34.6 Å². The smallest absolute Gasteiger partial charge is 0.167 e. The molecule has 8 heteroatoms. The zero-order valence-electron chi connectivity index (χ0n) is 17.1. The third-order valence-corrected chi connectivity index (χ3v) is 4.92. The highest BCUT2D eigenvalue weighted by Crippen LogP contribution is 2.48. The van der Waals surface area contributed by atoms with Crippen molar-refractivity contribution in [2.75, 3.05) is 14.2 Å². The number of ketones is 2. The minimum Gasteiger partial charge on any atom is -0.507 e. The summed E-state index contributed by atoms with van der Waals surface area (Å²) in [6, 6.07) is 0. The van der Waals surface area contributed by atoms with Gasteiger partial charge >= 0.3 is 0 Å². The Labute approximate surface area is 168 Å². The summed E-state index contributed by atoms with van der Waals surface area (Å²) >= 11 is 0. The molecule has 2 aromatic carbocycles. The summed E-state index contributed by atoms with van der Waals surface area (Å²) in [5, 5.41) is 42.0. The highest BCUT2D eigenvalue weighted by Gasteiger charge is 2.29. The van der Waals surface area contributed by atoms with E-state index in [1.165, 1.54) is 41.9 Å². The van der Waals surface area contributed by atoms with E-state index in [1.807, 2.05) is 0 Å². The van der Waals surface area contributed by atoms with Gasteiger partial charge in [-0.25, -0.2) is 0 Å². The van der Waals surface area contributed by atoms with Crippen LogP contribution >= 0.6 is 0 Å². The van der Waals surface area contributed by atoms with E-state index in [0.29, 0.717) is 0 Å². The summed E-state index contributed by atoms with van der Waals surface area (Å²) < 4.78 is 10.6. The van der Waals surface area contributed by atoms with E-state index in [1.54, 1.807) is 0 Å². The molecule has 0 unspecified atom stereocenters. The van der Waals surface area contributed by atoms with Crippen molar-refractivity contribution in [3.8, 4) is 34.5 Å². The van der Waals surface area contributed by atoms with Gasteiger partial charge in [0.25, 0.3) is 0 Å². The highest BCUT2D eigenvalue weighted by molar-refractivity contribution is 6.02. The van der Waals surface area contributed by atoms with Crippen LogP contribution in [0.2, 0.25) is 0 Å². The van der Waals surface area contributed by atoms with Gasteiger partial charge in [0.2, 0.25) is 0 Å². The fourth-order valence-electron chi connectivity index (χ4n) is 3.51. The molecule has 0 aliphatic rings. The Kier molecular flexibility index (Phi) is 5.96. The molecule has 156 valence electrons. The Balaban J connectivity index is 2.91. The number of phenolic OH excluding ortho intramolecular Hbond substituents is 4. The minimum absolute atomic E-state index is 0.112. The number of benzene rings is 2. The van der Waals surface area contributed by atoms with Gasteiger partial charge in [-0.15, -0.1) is 0 Å². The lowest BCUT2D eigenvalue weighted by molar-refractivity contribution is 0.0998. The summed E-state index contributed by atoms with van der Waals surface area (Å²) in [6.07, 6.45) is -0.202. The Bertz CT molecular complexity index is 939. The summed E-state index contributed by atoms with van der Waals surface area (Å²) in [7, 11) is 2.66. The maximum Gasteiger partial charge on any atom is 0.167 e. The van der Waals surface area contributed by atoms with Crippen LogP contribution in [0.25, 0.3) is 0 Å². The Morgan fingerprint density at radius 3 is 1.24 bits per heavy atom. The molecule has 0 atom stereocenters. The number of carbonyl (C=O) groups is 2. The van der Waals surface area contributed by atoms with Gasteiger partial charge in [-0.1, -0.05) is 0 Å². The lowest BCUT2D eigenvalue weighted by Crippen LogP contribution is -2.07. The van der Waals surface area contributed by atoms with Gasteiger partial charge in [0.15, 0.2) is 11.6 Å². The van der Waals surface area contributed by atoms with Crippen LogP contribution < -0.4 is 9.47 Å². The van der Waals surface area contributed by atoms with Crippen molar-refractivity contribution in [1.82, 2.24) is 0 Å². The Morgan fingerprint density at radius 2 is 1.00 bits per heavy atom. The molecular formula is C21H24O8. The van der Waals surface area contributed by atoms with Crippen molar-refractivity contribution in [3.05, 3.63) is 33.4 Å². The molecule has 0 aromatic heterocycles. The summed E-state index contributed by atoms with van der Waals surface area (Å²) in [4.78, 5) is 23.9. The molecule has 0 aliphatic carbocycles. The summed E-state index contributed by atoms with van der Waals surface area (Å²) in [5.74, 6) is -2.72. The standard InChI is InChI=1S/C21H24O8/c1-8-16(24)14(10(3)22)18(26)12(20(8)28-5)7-13-19(27)15(11(4)23)17(25)9(2)21(13)29-6/h24-27H,7H2,1-6H3. The maximum absolute atomic E-state index is 12.0. The van der Waals surface area contributed by atoms with E-state index in [2.05, 4.69) is 0 Å². The number of carbonyl (C=O) groups excluding carboxylic acids is 2. The number of hydrogen-bond acceptors (Lipinski definition) is 8. The fraction of sp³-hybridized carbons (Fsp3) is 0.333. The normalized spacial score (nSPS) is 10.7. The fourth-order valence-corrected chi connectivity index (χ4v) is 3.51. The van der Waals surface area contributed by atoms with Crippen molar-refractivity contribution in [2.24, 2.45) is 0 Å².